The molecule has 112 valence electrons. The quantitative estimate of drug-likeness (QED) is 0.856. The van der Waals surface area contributed by atoms with Gasteiger partial charge in [0.2, 0.25) is 0 Å². The molecule has 0 saturated carbocycles. The molecule has 0 spiro atoms. The van der Waals surface area contributed by atoms with E-state index in [4.69, 9.17) is 0 Å². The normalized spacial score (nSPS) is 11.4. The zero-order valence-corrected chi connectivity index (χ0v) is 12.1. The third kappa shape index (κ3) is 3.13. The van der Waals surface area contributed by atoms with E-state index in [2.05, 4.69) is 4.72 Å². The lowest BCUT2D eigenvalue weighted by Gasteiger charge is -2.12. The average Bonchev–Trinajstić information content (AvgIpc) is 2.37. The van der Waals surface area contributed by atoms with E-state index in [9.17, 15) is 22.3 Å². The molecule has 0 saturated heterocycles. The zero-order chi connectivity index (χ0) is 15.8. The third-order valence-electron chi connectivity index (χ3n) is 2.87. The first-order valence-electron chi connectivity index (χ1n) is 5.99. The Hall–Kier alpha value is -2.15. The fourth-order valence-corrected chi connectivity index (χ4v) is 3.07. The Labute approximate surface area is 121 Å². The van der Waals surface area contributed by atoms with Crippen molar-refractivity contribution in [3.8, 4) is 5.75 Å². The molecule has 0 atom stereocenters. The molecule has 0 aromatic heterocycles. The molecule has 0 fully saturated rings. The van der Waals surface area contributed by atoms with Crippen molar-refractivity contribution in [3.05, 3.63) is 53.1 Å². The van der Waals surface area contributed by atoms with Crippen LogP contribution < -0.4 is 4.72 Å². The van der Waals surface area contributed by atoms with Crippen molar-refractivity contribution in [1.29, 1.82) is 0 Å². The lowest BCUT2D eigenvalue weighted by molar-refractivity contribution is 0.473. The van der Waals surface area contributed by atoms with E-state index in [0.717, 1.165) is 12.1 Å². The number of aromatic hydroxyl groups is 1. The van der Waals surface area contributed by atoms with Gasteiger partial charge < -0.3 is 5.11 Å². The molecule has 2 aromatic carbocycles. The highest BCUT2D eigenvalue weighted by atomic mass is 32.2. The van der Waals surface area contributed by atoms with Gasteiger partial charge in [-0.15, -0.1) is 0 Å². The number of phenolic OH excluding ortho intramolecular Hbond substituents is 1. The number of benzene rings is 2. The van der Waals surface area contributed by atoms with Crippen molar-refractivity contribution in [2.24, 2.45) is 0 Å². The summed E-state index contributed by atoms with van der Waals surface area (Å²) in [5.41, 5.74) is 1.09. The van der Waals surface area contributed by atoms with Gasteiger partial charge in [-0.05, 0) is 49.2 Å². The van der Waals surface area contributed by atoms with Crippen LogP contribution in [0.3, 0.4) is 0 Å². The van der Waals surface area contributed by atoms with Gasteiger partial charge in [0, 0.05) is 0 Å². The van der Waals surface area contributed by atoms with Crippen LogP contribution in [0.15, 0.2) is 35.2 Å². The molecular weight excluding hydrogens is 300 g/mol. The summed E-state index contributed by atoms with van der Waals surface area (Å²) in [5.74, 6) is -2.21. The van der Waals surface area contributed by atoms with E-state index < -0.39 is 26.6 Å². The van der Waals surface area contributed by atoms with Crippen LogP contribution >= 0.6 is 0 Å². The Balaban J connectivity index is 2.50. The van der Waals surface area contributed by atoms with Gasteiger partial charge in [-0.25, -0.2) is 17.2 Å². The molecule has 0 amide bonds. The maximum absolute atomic E-state index is 13.6. The predicted octanol–water partition coefficient (Wildman–Crippen LogP) is 3.09. The fourth-order valence-electron chi connectivity index (χ4n) is 1.92. The van der Waals surface area contributed by atoms with Gasteiger partial charge in [0.1, 0.15) is 22.3 Å². The van der Waals surface area contributed by atoms with Crippen LogP contribution in [-0.2, 0) is 10.0 Å². The highest BCUT2D eigenvalue weighted by Gasteiger charge is 2.21. The molecule has 0 aliphatic carbocycles. The molecule has 0 aliphatic heterocycles. The van der Waals surface area contributed by atoms with Crippen molar-refractivity contribution in [2.45, 2.75) is 18.7 Å². The minimum Gasteiger partial charge on any atom is -0.505 e. The number of aryl methyl sites for hydroxylation is 2. The molecular formula is C14H13F2NO3S. The third-order valence-corrected chi connectivity index (χ3v) is 4.25. The summed E-state index contributed by atoms with van der Waals surface area (Å²) in [6, 6.07) is 5.19. The summed E-state index contributed by atoms with van der Waals surface area (Å²) >= 11 is 0. The number of sulfonamides is 1. The smallest absolute Gasteiger partial charge is 0.265 e. The first-order valence-corrected chi connectivity index (χ1v) is 7.47. The second-order valence-corrected chi connectivity index (χ2v) is 6.31. The van der Waals surface area contributed by atoms with Gasteiger partial charge in [-0.3, -0.25) is 4.72 Å². The van der Waals surface area contributed by atoms with Crippen molar-refractivity contribution >= 4 is 15.7 Å². The Morgan fingerprint density at radius 3 is 2.43 bits per heavy atom. The number of nitrogens with one attached hydrogen (secondary N) is 1. The standard InChI is InChI=1S/C14H13F2NO3S/c1-8-5-9(2)14(18)12(6-8)17-21(19,20)13-7-10(15)3-4-11(13)16/h3-7,17-18H,1-2H3. The maximum Gasteiger partial charge on any atom is 0.265 e. The van der Waals surface area contributed by atoms with Gasteiger partial charge >= 0.3 is 0 Å². The topological polar surface area (TPSA) is 66.4 Å². The van der Waals surface area contributed by atoms with Crippen molar-refractivity contribution in [1.82, 2.24) is 0 Å². The van der Waals surface area contributed by atoms with E-state index in [1.54, 1.807) is 19.9 Å². The average molecular weight is 313 g/mol. The highest BCUT2D eigenvalue weighted by Crippen LogP contribution is 2.31. The van der Waals surface area contributed by atoms with E-state index in [0.29, 0.717) is 17.2 Å². The monoisotopic (exact) mass is 313 g/mol. The van der Waals surface area contributed by atoms with Crippen LogP contribution in [0.25, 0.3) is 0 Å². The summed E-state index contributed by atoms with van der Waals surface area (Å²) in [4.78, 5) is -0.818. The second kappa shape index (κ2) is 5.33. The number of phenols is 1. The first kappa shape index (κ1) is 15.2. The minimum absolute atomic E-state index is 0.0869. The van der Waals surface area contributed by atoms with E-state index >= 15 is 0 Å². The second-order valence-electron chi connectivity index (χ2n) is 4.66. The van der Waals surface area contributed by atoms with Crippen LogP contribution in [-0.4, -0.2) is 13.5 Å². The van der Waals surface area contributed by atoms with E-state index in [-0.39, 0.29) is 11.4 Å². The number of rotatable bonds is 3. The van der Waals surface area contributed by atoms with Gasteiger partial charge in [0.05, 0.1) is 5.69 Å². The predicted molar refractivity (Wildman–Crippen MR) is 74.7 cm³/mol. The van der Waals surface area contributed by atoms with Crippen LogP contribution in [0.2, 0.25) is 0 Å². The van der Waals surface area contributed by atoms with Crippen molar-refractivity contribution < 1.29 is 22.3 Å². The SMILES string of the molecule is Cc1cc(C)c(O)c(NS(=O)(=O)c2cc(F)ccc2F)c1. The Kier molecular flexibility index (Phi) is 3.87. The maximum atomic E-state index is 13.6. The summed E-state index contributed by atoms with van der Waals surface area (Å²) in [6.45, 7) is 3.32. The molecule has 2 aromatic rings. The summed E-state index contributed by atoms with van der Waals surface area (Å²) in [5, 5.41) is 9.86. The van der Waals surface area contributed by atoms with E-state index in [1.807, 2.05) is 0 Å². The lowest BCUT2D eigenvalue weighted by Crippen LogP contribution is -2.15. The van der Waals surface area contributed by atoms with Gasteiger partial charge in [0.25, 0.3) is 10.0 Å². The molecule has 2 rings (SSSR count). The summed E-state index contributed by atoms with van der Waals surface area (Å²) < 4.78 is 53.0. The number of halogens is 2. The lowest BCUT2D eigenvalue weighted by atomic mass is 10.1. The van der Waals surface area contributed by atoms with Gasteiger partial charge in [0.15, 0.2) is 0 Å². The molecule has 7 heteroatoms. The largest absolute Gasteiger partial charge is 0.505 e. The molecule has 0 bridgehead atoms. The number of anilines is 1. The van der Waals surface area contributed by atoms with Crippen LogP contribution in [0.4, 0.5) is 14.5 Å². The Bertz CT molecular complexity index is 804. The van der Waals surface area contributed by atoms with Crippen molar-refractivity contribution in [3.63, 3.8) is 0 Å². The Morgan fingerprint density at radius 2 is 1.76 bits per heavy atom. The summed E-state index contributed by atoms with van der Waals surface area (Å²) in [7, 11) is -4.35. The molecule has 2 N–H and O–H groups in total. The van der Waals surface area contributed by atoms with Crippen LogP contribution in [0.5, 0.6) is 5.75 Å². The molecule has 0 unspecified atom stereocenters. The highest BCUT2D eigenvalue weighted by molar-refractivity contribution is 7.92. The molecule has 0 aliphatic rings. The molecule has 0 radical (unpaired) electrons. The Morgan fingerprint density at radius 1 is 1.10 bits per heavy atom. The number of hydrogen-bond donors (Lipinski definition) is 2. The van der Waals surface area contributed by atoms with Gasteiger partial charge in [-0.1, -0.05) is 6.07 Å². The van der Waals surface area contributed by atoms with Crippen LogP contribution in [0.1, 0.15) is 11.1 Å². The molecule has 21 heavy (non-hydrogen) atoms. The van der Waals surface area contributed by atoms with Gasteiger partial charge in [-0.2, -0.15) is 0 Å². The molecule has 0 heterocycles. The first-order chi connectivity index (χ1) is 9.70. The minimum atomic E-state index is -4.35. The fraction of sp³-hybridized carbons (Fsp3) is 0.143. The molecule has 4 nitrogen and oxygen atoms in total. The number of hydrogen-bond acceptors (Lipinski definition) is 3. The van der Waals surface area contributed by atoms with Crippen molar-refractivity contribution in [2.75, 3.05) is 4.72 Å². The van der Waals surface area contributed by atoms with Crippen LogP contribution in [0, 0.1) is 25.5 Å². The van der Waals surface area contributed by atoms with E-state index in [1.165, 1.54) is 6.07 Å². The summed E-state index contributed by atoms with van der Waals surface area (Å²) in [6.07, 6.45) is 0. The zero-order valence-electron chi connectivity index (χ0n) is 11.3.